The summed E-state index contributed by atoms with van der Waals surface area (Å²) in [4.78, 5) is 24.3. The second-order valence-corrected chi connectivity index (χ2v) is 5.09. The molecule has 0 radical (unpaired) electrons. The van der Waals surface area contributed by atoms with Gasteiger partial charge in [-0.3, -0.25) is 10.1 Å². The van der Waals surface area contributed by atoms with Crippen LogP contribution in [-0.4, -0.2) is 28.6 Å². The van der Waals surface area contributed by atoms with Crippen molar-refractivity contribution in [2.24, 2.45) is 0 Å². The van der Waals surface area contributed by atoms with Crippen molar-refractivity contribution in [3.05, 3.63) is 53.4 Å². The summed E-state index contributed by atoms with van der Waals surface area (Å²) in [6, 6.07) is 12.5. The minimum Gasteiger partial charge on any atom is -0.480 e. The van der Waals surface area contributed by atoms with Crippen LogP contribution in [0.15, 0.2) is 47.8 Å². The van der Waals surface area contributed by atoms with Gasteiger partial charge in [0.25, 0.3) is 0 Å². The van der Waals surface area contributed by atoms with E-state index in [1.54, 1.807) is 6.07 Å². The lowest BCUT2D eigenvalue weighted by atomic mass is 10.2. The zero-order valence-corrected chi connectivity index (χ0v) is 11.5. The summed E-state index contributed by atoms with van der Waals surface area (Å²) >= 11 is 1.39. The van der Waals surface area contributed by atoms with Crippen molar-refractivity contribution in [2.45, 2.75) is 6.54 Å². The zero-order valence-electron chi connectivity index (χ0n) is 10.7. The smallest absolute Gasteiger partial charge is 0.323 e. The Morgan fingerprint density at radius 2 is 1.90 bits per heavy atom. The van der Waals surface area contributed by atoms with E-state index in [1.807, 2.05) is 41.8 Å². The van der Waals surface area contributed by atoms with Gasteiger partial charge in [-0.2, -0.15) is 0 Å². The third-order valence-corrected chi connectivity index (χ3v) is 3.37. The van der Waals surface area contributed by atoms with Gasteiger partial charge in [-0.15, -0.1) is 11.3 Å². The highest BCUT2D eigenvalue weighted by Crippen LogP contribution is 2.16. The normalized spacial score (nSPS) is 10.0. The summed E-state index contributed by atoms with van der Waals surface area (Å²) < 4.78 is 0. The Bertz CT molecular complexity index is 569. The molecule has 0 aliphatic carbocycles. The molecule has 0 atom stereocenters. The van der Waals surface area contributed by atoms with Crippen LogP contribution in [0, 0.1) is 0 Å². The first kappa shape index (κ1) is 14.1. The number of rotatable bonds is 5. The summed E-state index contributed by atoms with van der Waals surface area (Å²) in [5.41, 5.74) is 0.884. The second kappa shape index (κ2) is 6.72. The Kier molecular flexibility index (Phi) is 4.73. The van der Waals surface area contributed by atoms with E-state index in [9.17, 15) is 9.59 Å². The summed E-state index contributed by atoms with van der Waals surface area (Å²) in [7, 11) is 0. The topological polar surface area (TPSA) is 69.6 Å². The van der Waals surface area contributed by atoms with Crippen LogP contribution in [-0.2, 0) is 11.3 Å². The van der Waals surface area contributed by atoms with Gasteiger partial charge in [-0.25, -0.2) is 4.79 Å². The highest BCUT2D eigenvalue weighted by atomic mass is 32.1. The van der Waals surface area contributed by atoms with E-state index < -0.39 is 12.0 Å². The predicted octanol–water partition coefficient (Wildman–Crippen LogP) is 2.87. The first-order chi connectivity index (χ1) is 9.65. The Morgan fingerprint density at radius 1 is 1.15 bits per heavy atom. The molecule has 0 unspecified atom stereocenters. The van der Waals surface area contributed by atoms with Crippen molar-refractivity contribution in [1.29, 1.82) is 0 Å². The molecule has 0 spiro atoms. The van der Waals surface area contributed by atoms with Gasteiger partial charge in [0.05, 0.1) is 5.00 Å². The number of nitrogens with one attached hydrogen (secondary N) is 1. The molecule has 20 heavy (non-hydrogen) atoms. The largest absolute Gasteiger partial charge is 0.480 e. The summed E-state index contributed by atoms with van der Waals surface area (Å²) in [5.74, 6) is -1.04. The van der Waals surface area contributed by atoms with Crippen LogP contribution in [0.1, 0.15) is 5.56 Å². The van der Waals surface area contributed by atoms with E-state index in [2.05, 4.69) is 5.32 Å². The molecule has 0 aliphatic heterocycles. The number of anilines is 1. The molecule has 2 aromatic rings. The Labute approximate surface area is 120 Å². The maximum atomic E-state index is 12.1. The van der Waals surface area contributed by atoms with E-state index in [4.69, 9.17) is 5.11 Å². The van der Waals surface area contributed by atoms with Crippen molar-refractivity contribution in [3.8, 4) is 0 Å². The van der Waals surface area contributed by atoms with Gasteiger partial charge in [0, 0.05) is 6.54 Å². The minimum absolute atomic E-state index is 0.254. The standard InChI is InChI=1S/C14H14N2O3S/c17-13(18)10-16(9-11-5-2-1-3-6-11)14(19)15-12-7-4-8-20-12/h1-8H,9-10H2,(H,15,19)(H,17,18). The molecule has 1 aromatic carbocycles. The quantitative estimate of drug-likeness (QED) is 0.889. The first-order valence-corrected chi connectivity index (χ1v) is 6.88. The van der Waals surface area contributed by atoms with Gasteiger partial charge in [-0.1, -0.05) is 30.3 Å². The average Bonchev–Trinajstić information content (AvgIpc) is 2.91. The molecule has 0 saturated carbocycles. The number of hydrogen-bond donors (Lipinski definition) is 2. The molecule has 0 aliphatic rings. The number of hydrogen-bond acceptors (Lipinski definition) is 3. The van der Waals surface area contributed by atoms with E-state index >= 15 is 0 Å². The van der Waals surface area contributed by atoms with E-state index in [0.29, 0.717) is 5.00 Å². The molecule has 2 amide bonds. The van der Waals surface area contributed by atoms with Gasteiger partial charge < -0.3 is 10.0 Å². The molecule has 104 valence electrons. The van der Waals surface area contributed by atoms with Crippen molar-refractivity contribution in [1.82, 2.24) is 4.90 Å². The summed E-state index contributed by atoms with van der Waals surface area (Å²) in [6.07, 6.45) is 0. The summed E-state index contributed by atoms with van der Waals surface area (Å²) in [5, 5.41) is 14.1. The van der Waals surface area contributed by atoms with Crippen LogP contribution >= 0.6 is 11.3 Å². The van der Waals surface area contributed by atoms with Crippen LogP contribution in [0.25, 0.3) is 0 Å². The monoisotopic (exact) mass is 290 g/mol. The lowest BCUT2D eigenvalue weighted by Crippen LogP contribution is -2.38. The van der Waals surface area contributed by atoms with Gasteiger partial charge in [0.2, 0.25) is 0 Å². The van der Waals surface area contributed by atoms with Crippen LogP contribution in [0.5, 0.6) is 0 Å². The average molecular weight is 290 g/mol. The molecule has 5 nitrogen and oxygen atoms in total. The molecule has 6 heteroatoms. The van der Waals surface area contributed by atoms with Crippen molar-refractivity contribution in [2.75, 3.05) is 11.9 Å². The molecule has 1 aromatic heterocycles. The number of carbonyl (C=O) groups excluding carboxylic acids is 1. The van der Waals surface area contributed by atoms with Gasteiger partial charge in [0.15, 0.2) is 0 Å². The van der Waals surface area contributed by atoms with Crippen molar-refractivity contribution < 1.29 is 14.7 Å². The van der Waals surface area contributed by atoms with Crippen LogP contribution in [0.3, 0.4) is 0 Å². The second-order valence-electron chi connectivity index (χ2n) is 4.14. The maximum Gasteiger partial charge on any atom is 0.323 e. The number of aliphatic carboxylic acids is 1. The van der Waals surface area contributed by atoms with E-state index in [0.717, 1.165) is 5.56 Å². The molecule has 2 rings (SSSR count). The first-order valence-electron chi connectivity index (χ1n) is 6.00. The van der Waals surface area contributed by atoms with Gasteiger partial charge in [-0.05, 0) is 23.1 Å². The molecule has 0 saturated heterocycles. The number of carboxylic acid groups (broad SMARTS) is 1. The fraction of sp³-hybridized carbons (Fsp3) is 0.143. The number of carboxylic acids is 1. The molecule has 0 fully saturated rings. The summed E-state index contributed by atoms with van der Waals surface area (Å²) in [6.45, 7) is -0.0869. The number of benzene rings is 1. The molecular weight excluding hydrogens is 276 g/mol. The van der Waals surface area contributed by atoms with Crippen LogP contribution in [0.4, 0.5) is 9.80 Å². The van der Waals surface area contributed by atoms with E-state index in [1.165, 1.54) is 16.2 Å². The van der Waals surface area contributed by atoms with Crippen LogP contribution < -0.4 is 5.32 Å². The van der Waals surface area contributed by atoms with Gasteiger partial charge >= 0.3 is 12.0 Å². The molecule has 1 heterocycles. The number of amides is 2. The van der Waals surface area contributed by atoms with Crippen LogP contribution in [0.2, 0.25) is 0 Å². The molecule has 0 bridgehead atoms. The minimum atomic E-state index is -1.04. The SMILES string of the molecule is O=C(O)CN(Cc1ccccc1)C(=O)Nc1cccs1. The number of urea groups is 1. The fourth-order valence-corrected chi connectivity index (χ4v) is 2.31. The van der Waals surface area contributed by atoms with E-state index in [-0.39, 0.29) is 13.1 Å². The number of nitrogens with zero attached hydrogens (tertiary/aromatic N) is 1. The maximum absolute atomic E-state index is 12.1. The molecular formula is C14H14N2O3S. The van der Waals surface area contributed by atoms with Gasteiger partial charge in [0.1, 0.15) is 6.54 Å². The Hall–Kier alpha value is -2.34. The lowest BCUT2D eigenvalue weighted by molar-refractivity contribution is -0.137. The highest BCUT2D eigenvalue weighted by Gasteiger charge is 2.17. The van der Waals surface area contributed by atoms with Crippen molar-refractivity contribution in [3.63, 3.8) is 0 Å². The fourth-order valence-electron chi connectivity index (χ4n) is 1.70. The molecule has 2 N–H and O–H groups in total. The number of thiophene rings is 1. The Morgan fingerprint density at radius 3 is 2.50 bits per heavy atom. The highest BCUT2D eigenvalue weighted by molar-refractivity contribution is 7.14. The zero-order chi connectivity index (χ0) is 14.4. The third kappa shape index (κ3) is 4.10. The third-order valence-electron chi connectivity index (χ3n) is 2.58. The lowest BCUT2D eigenvalue weighted by Gasteiger charge is -2.20. The van der Waals surface area contributed by atoms with Crippen molar-refractivity contribution >= 4 is 28.3 Å². The Balaban J connectivity index is 2.06. The number of carbonyl (C=O) groups is 2. The predicted molar refractivity (Wildman–Crippen MR) is 77.8 cm³/mol.